The molecule has 1 aromatic carbocycles. The number of carbonyl (C=O) groups is 1. The molecule has 0 aliphatic carbocycles. The minimum atomic E-state index is -0.345. The van der Waals surface area contributed by atoms with Gasteiger partial charge in [0.25, 0.3) is 5.91 Å². The van der Waals surface area contributed by atoms with E-state index in [1.807, 2.05) is 12.1 Å². The van der Waals surface area contributed by atoms with Crippen molar-refractivity contribution >= 4 is 44.2 Å². The van der Waals surface area contributed by atoms with Crippen LogP contribution in [0.1, 0.15) is 16.2 Å². The summed E-state index contributed by atoms with van der Waals surface area (Å²) < 4.78 is 5.77. The van der Waals surface area contributed by atoms with Gasteiger partial charge < -0.3 is 4.52 Å². The standard InChI is InChI=1S/C12H8ClN3O2S/c1-6-4-9(16-18-6)11(17)15-12-14-8-3-2-7(13)5-10(8)19-12/h2-5H,1H3,(H,14,15,17). The first-order valence-electron chi connectivity index (χ1n) is 5.42. The van der Waals surface area contributed by atoms with Crippen LogP contribution >= 0.6 is 22.9 Å². The lowest BCUT2D eigenvalue weighted by atomic mass is 10.3. The third kappa shape index (κ3) is 2.45. The van der Waals surface area contributed by atoms with E-state index in [1.165, 1.54) is 11.3 Å². The van der Waals surface area contributed by atoms with E-state index in [1.54, 1.807) is 19.1 Å². The van der Waals surface area contributed by atoms with E-state index in [-0.39, 0.29) is 11.6 Å². The molecule has 0 saturated carbocycles. The van der Waals surface area contributed by atoms with Crippen LogP contribution in [0.2, 0.25) is 5.02 Å². The molecule has 3 rings (SSSR count). The average molecular weight is 294 g/mol. The highest BCUT2D eigenvalue weighted by atomic mass is 35.5. The number of aromatic nitrogens is 2. The van der Waals surface area contributed by atoms with E-state index in [0.29, 0.717) is 15.9 Å². The maximum Gasteiger partial charge on any atom is 0.279 e. The van der Waals surface area contributed by atoms with Gasteiger partial charge in [0.05, 0.1) is 10.2 Å². The molecule has 0 aliphatic rings. The van der Waals surface area contributed by atoms with Gasteiger partial charge in [-0.25, -0.2) is 4.98 Å². The highest BCUT2D eigenvalue weighted by Gasteiger charge is 2.13. The Labute approximate surface area is 117 Å². The van der Waals surface area contributed by atoms with Gasteiger partial charge in [-0.05, 0) is 25.1 Å². The number of benzene rings is 1. The second-order valence-corrected chi connectivity index (χ2v) is 5.38. The summed E-state index contributed by atoms with van der Waals surface area (Å²) in [7, 11) is 0. The molecule has 2 aromatic heterocycles. The van der Waals surface area contributed by atoms with E-state index in [9.17, 15) is 4.79 Å². The summed E-state index contributed by atoms with van der Waals surface area (Å²) >= 11 is 7.26. The number of amides is 1. The third-order valence-electron chi connectivity index (χ3n) is 2.43. The summed E-state index contributed by atoms with van der Waals surface area (Å²) in [6, 6.07) is 6.95. The number of hydrogen-bond donors (Lipinski definition) is 1. The molecule has 3 aromatic rings. The Hall–Kier alpha value is -1.92. The molecule has 0 spiro atoms. The zero-order chi connectivity index (χ0) is 13.4. The molecule has 7 heteroatoms. The second-order valence-electron chi connectivity index (χ2n) is 3.91. The van der Waals surface area contributed by atoms with Crippen molar-refractivity contribution in [1.82, 2.24) is 10.1 Å². The number of carbonyl (C=O) groups excluding carboxylic acids is 1. The summed E-state index contributed by atoms with van der Waals surface area (Å²) in [5.74, 6) is 0.239. The molecule has 96 valence electrons. The Morgan fingerprint density at radius 2 is 2.26 bits per heavy atom. The lowest BCUT2D eigenvalue weighted by molar-refractivity contribution is 0.101. The van der Waals surface area contributed by atoms with Crippen LogP contribution in [0.4, 0.5) is 5.13 Å². The van der Waals surface area contributed by atoms with Gasteiger partial charge >= 0.3 is 0 Å². The number of aryl methyl sites for hydroxylation is 1. The first kappa shape index (κ1) is 12.1. The maximum atomic E-state index is 11.9. The van der Waals surface area contributed by atoms with Gasteiger partial charge in [-0.1, -0.05) is 28.1 Å². The topological polar surface area (TPSA) is 68.0 Å². The SMILES string of the molecule is Cc1cc(C(=O)Nc2nc3ccc(Cl)cc3s2)no1. The minimum absolute atomic E-state index is 0.231. The lowest BCUT2D eigenvalue weighted by Gasteiger charge is -1.95. The van der Waals surface area contributed by atoms with Crippen molar-refractivity contribution in [1.29, 1.82) is 0 Å². The molecule has 0 atom stereocenters. The van der Waals surface area contributed by atoms with Gasteiger partial charge in [-0.3, -0.25) is 10.1 Å². The van der Waals surface area contributed by atoms with Crippen LogP contribution in [0.5, 0.6) is 0 Å². The molecule has 0 aliphatic heterocycles. The first-order valence-corrected chi connectivity index (χ1v) is 6.62. The number of nitrogens with zero attached hydrogens (tertiary/aromatic N) is 2. The largest absolute Gasteiger partial charge is 0.361 e. The van der Waals surface area contributed by atoms with Gasteiger partial charge in [0.15, 0.2) is 10.8 Å². The van der Waals surface area contributed by atoms with Gasteiger partial charge in [0, 0.05) is 11.1 Å². The van der Waals surface area contributed by atoms with Crippen LogP contribution in [-0.4, -0.2) is 16.0 Å². The zero-order valence-electron chi connectivity index (χ0n) is 9.81. The summed E-state index contributed by atoms with van der Waals surface area (Å²) in [6.45, 7) is 1.73. The highest BCUT2D eigenvalue weighted by molar-refractivity contribution is 7.22. The van der Waals surface area contributed by atoms with Crippen molar-refractivity contribution in [2.24, 2.45) is 0 Å². The quantitative estimate of drug-likeness (QED) is 0.785. The number of fused-ring (bicyclic) bond motifs is 1. The molecule has 0 fully saturated rings. The Balaban J connectivity index is 1.87. The number of halogens is 1. The van der Waals surface area contributed by atoms with E-state index in [0.717, 1.165) is 10.2 Å². The number of anilines is 1. The Kier molecular flexibility index (Phi) is 2.96. The van der Waals surface area contributed by atoms with Crippen LogP contribution in [0, 0.1) is 6.92 Å². The first-order chi connectivity index (χ1) is 9.11. The average Bonchev–Trinajstić information content (AvgIpc) is 2.94. The molecule has 19 heavy (non-hydrogen) atoms. The van der Waals surface area contributed by atoms with Crippen molar-refractivity contribution in [3.8, 4) is 0 Å². The monoisotopic (exact) mass is 293 g/mol. The van der Waals surface area contributed by atoms with Gasteiger partial charge in [0.1, 0.15) is 5.76 Å². The van der Waals surface area contributed by atoms with E-state index < -0.39 is 0 Å². The van der Waals surface area contributed by atoms with Crippen molar-refractivity contribution in [3.05, 3.63) is 40.7 Å². The molecular formula is C12H8ClN3O2S. The maximum absolute atomic E-state index is 11.9. The number of rotatable bonds is 2. The van der Waals surface area contributed by atoms with E-state index in [2.05, 4.69) is 15.5 Å². The van der Waals surface area contributed by atoms with Gasteiger partial charge in [-0.2, -0.15) is 0 Å². The van der Waals surface area contributed by atoms with Crippen molar-refractivity contribution in [2.75, 3.05) is 5.32 Å². The Bertz CT molecular complexity index is 765. The van der Waals surface area contributed by atoms with Crippen molar-refractivity contribution < 1.29 is 9.32 Å². The van der Waals surface area contributed by atoms with E-state index >= 15 is 0 Å². The van der Waals surface area contributed by atoms with Gasteiger partial charge in [0.2, 0.25) is 0 Å². The Morgan fingerprint density at radius 1 is 1.42 bits per heavy atom. The molecule has 1 amide bonds. The van der Waals surface area contributed by atoms with Crippen LogP contribution in [0.15, 0.2) is 28.8 Å². The van der Waals surface area contributed by atoms with Crippen molar-refractivity contribution in [2.45, 2.75) is 6.92 Å². The summed E-state index contributed by atoms with van der Waals surface area (Å²) in [4.78, 5) is 16.2. The molecule has 0 unspecified atom stereocenters. The highest BCUT2D eigenvalue weighted by Crippen LogP contribution is 2.28. The van der Waals surface area contributed by atoms with E-state index in [4.69, 9.17) is 16.1 Å². The number of hydrogen-bond acceptors (Lipinski definition) is 5. The fraction of sp³-hybridized carbons (Fsp3) is 0.0833. The molecule has 1 N–H and O–H groups in total. The van der Waals surface area contributed by atoms with Gasteiger partial charge in [-0.15, -0.1) is 0 Å². The Morgan fingerprint density at radius 3 is 3.00 bits per heavy atom. The van der Waals surface area contributed by atoms with Crippen molar-refractivity contribution in [3.63, 3.8) is 0 Å². The predicted octanol–water partition coefficient (Wildman–Crippen LogP) is 3.50. The van der Waals surface area contributed by atoms with Crippen LogP contribution in [0.25, 0.3) is 10.2 Å². The third-order valence-corrected chi connectivity index (χ3v) is 3.60. The lowest BCUT2D eigenvalue weighted by Crippen LogP contribution is -2.11. The summed E-state index contributed by atoms with van der Waals surface area (Å²) in [5, 5.41) is 7.47. The molecule has 0 bridgehead atoms. The summed E-state index contributed by atoms with van der Waals surface area (Å²) in [6.07, 6.45) is 0. The number of thiazole rings is 1. The normalized spacial score (nSPS) is 10.8. The summed E-state index contributed by atoms with van der Waals surface area (Å²) in [5.41, 5.74) is 1.02. The van der Waals surface area contributed by atoms with Crippen LogP contribution in [-0.2, 0) is 0 Å². The fourth-order valence-electron chi connectivity index (χ4n) is 1.59. The molecular weight excluding hydrogens is 286 g/mol. The molecule has 2 heterocycles. The van der Waals surface area contributed by atoms with Crippen LogP contribution in [0.3, 0.4) is 0 Å². The predicted molar refractivity (Wildman–Crippen MR) is 73.8 cm³/mol. The smallest absolute Gasteiger partial charge is 0.279 e. The fourth-order valence-corrected chi connectivity index (χ4v) is 2.72. The minimum Gasteiger partial charge on any atom is -0.361 e. The van der Waals surface area contributed by atoms with Crippen LogP contribution < -0.4 is 5.32 Å². The molecule has 0 radical (unpaired) electrons. The second kappa shape index (κ2) is 4.64. The number of nitrogens with one attached hydrogen (secondary N) is 1. The molecule has 5 nitrogen and oxygen atoms in total. The zero-order valence-corrected chi connectivity index (χ0v) is 11.4. The molecule has 0 saturated heterocycles.